The Morgan fingerprint density at radius 3 is 2.89 bits per heavy atom. The van der Waals surface area contributed by atoms with Crippen LogP contribution in [0.2, 0.25) is 0 Å². The Balaban J connectivity index is 1.81. The second-order valence-corrected chi connectivity index (χ2v) is 5.38. The van der Waals surface area contributed by atoms with E-state index in [2.05, 4.69) is 31.9 Å². The van der Waals surface area contributed by atoms with Crippen molar-refractivity contribution in [1.29, 1.82) is 0 Å². The van der Waals surface area contributed by atoms with Crippen molar-refractivity contribution in [3.8, 4) is 0 Å². The number of halogens is 1. The number of nitrogens with two attached hydrogens (primary N) is 1. The molecule has 0 saturated carbocycles. The van der Waals surface area contributed by atoms with Gasteiger partial charge in [-0.25, -0.2) is 0 Å². The summed E-state index contributed by atoms with van der Waals surface area (Å²) in [5.41, 5.74) is 6.69. The molecular formula is C13H20BrN3O. The minimum absolute atomic E-state index is 0.397. The maximum absolute atomic E-state index is 5.81. The highest BCUT2D eigenvalue weighted by atomic mass is 79.9. The average molecular weight is 314 g/mol. The van der Waals surface area contributed by atoms with Crippen molar-refractivity contribution in [1.82, 2.24) is 4.98 Å². The molecule has 1 aromatic rings. The van der Waals surface area contributed by atoms with Crippen LogP contribution in [0.5, 0.6) is 0 Å². The maximum Gasteiger partial charge on any atom is 0.0608 e. The fraction of sp³-hybridized carbons (Fsp3) is 0.615. The molecule has 0 radical (unpaired) electrons. The van der Waals surface area contributed by atoms with Gasteiger partial charge in [0.1, 0.15) is 0 Å². The third-order valence-corrected chi connectivity index (χ3v) is 3.85. The molecular weight excluding hydrogens is 294 g/mol. The SMILES string of the molecule is NCCCOC1CCN(c2ccncc2Br)CC1. The number of hydrogen-bond donors (Lipinski definition) is 1. The Kier molecular flexibility index (Phi) is 5.41. The molecule has 5 heteroatoms. The number of hydrogen-bond acceptors (Lipinski definition) is 4. The van der Waals surface area contributed by atoms with E-state index in [4.69, 9.17) is 10.5 Å². The number of rotatable bonds is 5. The van der Waals surface area contributed by atoms with Crippen molar-refractivity contribution in [2.45, 2.75) is 25.4 Å². The van der Waals surface area contributed by atoms with Crippen LogP contribution < -0.4 is 10.6 Å². The number of piperidine rings is 1. The van der Waals surface area contributed by atoms with E-state index in [1.807, 2.05) is 12.4 Å². The van der Waals surface area contributed by atoms with Gasteiger partial charge in [0.05, 0.1) is 16.3 Å². The van der Waals surface area contributed by atoms with Gasteiger partial charge in [-0.15, -0.1) is 0 Å². The lowest BCUT2D eigenvalue weighted by molar-refractivity contribution is 0.0366. The van der Waals surface area contributed by atoms with Crippen molar-refractivity contribution >= 4 is 21.6 Å². The smallest absolute Gasteiger partial charge is 0.0608 e. The first-order valence-corrected chi connectivity index (χ1v) is 7.26. The van der Waals surface area contributed by atoms with Crippen molar-refractivity contribution in [2.24, 2.45) is 5.73 Å². The Morgan fingerprint density at radius 1 is 1.44 bits per heavy atom. The molecule has 1 saturated heterocycles. The lowest BCUT2D eigenvalue weighted by atomic mass is 10.1. The van der Waals surface area contributed by atoms with Gasteiger partial charge in [0.25, 0.3) is 0 Å². The largest absolute Gasteiger partial charge is 0.378 e. The van der Waals surface area contributed by atoms with Gasteiger partial charge in [-0.2, -0.15) is 0 Å². The Hall–Kier alpha value is -0.650. The van der Waals surface area contributed by atoms with E-state index in [0.717, 1.165) is 43.4 Å². The molecule has 1 aliphatic heterocycles. The second-order valence-electron chi connectivity index (χ2n) is 4.53. The summed E-state index contributed by atoms with van der Waals surface area (Å²) in [5.74, 6) is 0. The van der Waals surface area contributed by atoms with Crippen LogP contribution >= 0.6 is 15.9 Å². The first kappa shape index (κ1) is 13.8. The van der Waals surface area contributed by atoms with Crippen LogP contribution in [0, 0.1) is 0 Å². The molecule has 2 heterocycles. The zero-order valence-corrected chi connectivity index (χ0v) is 12.1. The van der Waals surface area contributed by atoms with E-state index < -0.39 is 0 Å². The fourth-order valence-corrected chi connectivity index (χ4v) is 2.72. The van der Waals surface area contributed by atoms with Crippen LogP contribution in [0.25, 0.3) is 0 Å². The Morgan fingerprint density at radius 2 is 2.22 bits per heavy atom. The normalized spacial score (nSPS) is 17.1. The predicted octanol–water partition coefficient (Wildman–Crippen LogP) is 2.18. The minimum Gasteiger partial charge on any atom is -0.378 e. The zero-order chi connectivity index (χ0) is 12.8. The van der Waals surface area contributed by atoms with E-state index >= 15 is 0 Å². The summed E-state index contributed by atoms with van der Waals surface area (Å²) in [6, 6.07) is 2.06. The minimum atomic E-state index is 0.397. The standard InChI is InChI=1S/C13H20BrN3O/c14-12-10-16-6-2-13(12)17-7-3-11(4-8-17)18-9-1-5-15/h2,6,10-11H,1,3-5,7-9,15H2. The first-order chi connectivity index (χ1) is 8.81. The van der Waals surface area contributed by atoms with Gasteiger partial charge in [0, 0.05) is 32.1 Å². The van der Waals surface area contributed by atoms with E-state index in [0.29, 0.717) is 12.6 Å². The van der Waals surface area contributed by atoms with Gasteiger partial charge >= 0.3 is 0 Å². The van der Waals surface area contributed by atoms with Gasteiger partial charge in [-0.3, -0.25) is 4.98 Å². The van der Waals surface area contributed by atoms with Crippen LogP contribution in [0.3, 0.4) is 0 Å². The Labute approximate surface area is 117 Å². The molecule has 100 valence electrons. The van der Waals surface area contributed by atoms with E-state index in [1.165, 1.54) is 5.69 Å². The van der Waals surface area contributed by atoms with Gasteiger partial charge in [0.15, 0.2) is 0 Å². The molecule has 2 N–H and O–H groups in total. The molecule has 0 aliphatic carbocycles. The molecule has 2 rings (SSSR count). The number of pyridine rings is 1. The first-order valence-electron chi connectivity index (χ1n) is 6.47. The van der Waals surface area contributed by atoms with Crippen molar-refractivity contribution in [3.05, 3.63) is 22.9 Å². The number of ether oxygens (including phenoxy) is 1. The molecule has 0 aromatic carbocycles. The molecule has 1 aromatic heterocycles. The molecule has 1 fully saturated rings. The van der Waals surface area contributed by atoms with Crippen molar-refractivity contribution in [2.75, 3.05) is 31.1 Å². The monoisotopic (exact) mass is 313 g/mol. The summed E-state index contributed by atoms with van der Waals surface area (Å²) in [6.07, 6.45) is 7.20. The van der Waals surface area contributed by atoms with Crippen LogP contribution in [0.1, 0.15) is 19.3 Å². The highest BCUT2D eigenvalue weighted by Gasteiger charge is 2.20. The highest BCUT2D eigenvalue weighted by molar-refractivity contribution is 9.10. The molecule has 0 bridgehead atoms. The van der Waals surface area contributed by atoms with Crippen molar-refractivity contribution in [3.63, 3.8) is 0 Å². The van der Waals surface area contributed by atoms with Gasteiger partial charge < -0.3 is 15.4 Å². The zero-order valence-electron chi connectivity index (χ0n) is 10.5. The van der Waals surface area contributed by atoms with Gasteiger partial charge in [-0.1, -0.05) is 0 Å². The van der Waals surface area contributed by atoms with E-state index in [-0.39, 0.29) is 0 Å². The van der Waals surface area contributed by atoms with Gasteiger partial charge in [0.2, 0.25) is 0 Å². The van der Waals surface area contributed by atoms with Crippen LogP contribution in [0.15, 0.2) is 22.9 Å². The molecule has 0 atom stereocenters. The van der Waals surface area contributed by atoms with Gasteiger partial charge in [-0.05, 0) is 47.8 Å². The highest BCUT2D eigenvalue weighted by Crippen LogP contribution is 2.27. The summed E-state index contributed by atoms with van der Waals surface area (Å²) in [7, 11) is 0. The lowest BCUT2D eigenvalue weighted by Crippen LogP contribution is -2.37. The molecule has 4 nitrogen and oxygen atoms in total. The fourth-order valence-electron chi connectivity index (χ4n) is 2.22. The summed E-state index contributed by atoms with van der Waals surface area (Å²) in [4.78, 5) is 6.48. The molecule has 1 aliphatic rings. The summed E-state index contributed by atoms with van der Waals surface area (Å²) in [6.45, 7) is 3.58. The predicted molar refractivity (Wildman–Crippen MR) is 76.8 cm³/mol. The number of anilines is 1. The lowest BCUT2D eigenvalue weighted by Gasteiger charge is -2.34. The van der Waals surface area contributed by atoms with E-state index in [9.17, 15) is 0 Å². The number of aromatic nitrogens is 1. The second kappa shape index (κ2) is 7.07. The molecule has 18 heavy (non-hydrogen) atoms. The third-order valence-electron chi connectivity index (χ3n) is 3.24. The quantitative estimate of drug-likeness (QED) is 0.847. The third kappa shape index (κ3) is 3.67. The van der Waals surface area contributed by atoms with E-state index in [1.54, 1.807) is 0 Å². The maximum atomic E-state index is 5.81. The number of nitrogens with zero attached hydrogens (tertiary/aromatic N) is 2. The summed E-state index contributed by atoms with van der Waals surface area (Å²) < 4.78 is 6.87. The van der Waals surface area contributed by atoms with Crippen LogP contribution in [-0.4, -0.2) is 37.3 Å². The topological polar surface area (TPSA) is 51.4 Å². The summed E-state index contributed by atoms with van der Waals surface area (Å²) in [5, 5.41) is 0. The van der Waals surface area contributed by atoms with Crippen LogP contribution in [-0.2, 0) is 4.74 Å². The average Bonchev–Trinajstić information content (AvgIpc) is 2.41. The van der Waals surface area contributed by atoms with Crippen molar-refractivity contribution < 1.29 is 4.74 Å². The molecule has 0 unspecified atom stereocenters. The van der Waals surface area contributed by atoms with Crippen LogP contribution in [0.4, 0.5) is 5.69 Å². The Bertz CT molecular complexity index is 367. The molecule has 0 spiro atoms. The summed E-state index contributed by atoms with van der Waals surface area (Å²) >= 11 is 3.55. The molecule has 0 amide bonds.